The minimum Gasteiger partial charge on any atom is -0.486 e. The Kier molecular flexibility index (Phi) is 7.47. The number of carbonyl (C=O) groups is 2. The maximum absolute atomic E-state index is 13.3. The van der Waals surface area contributed by atoms with Crippen LogP contribution in [0.4, 0.5) is 5.69 Å². The van der Waals surface area contributed by atoms with E-state index < -0.39 is 0 Å². The summed E-state index contributed by atoms with van der Waals surface area (Å²) in [5, 5.41) is 4.07. The van der Waals surface area contributed by atoms with Crippen LogP contribution in [0.3, 0.4) is 0 Å². The molecule has 2 atom stereocenters. The van der Waals surface area contributed by atoms with Crippen LogP contribution in [0.25, 0.3) is 10.9 Å². The lowest BCUT2D eigenvalue weighted by Gasteiger charge is -2.31. The number of pyridine rings is 1. The first-order valence-electron chi connectivity index (χ1n) is 14.0. The molecule has 1 saturated heterocycles. The number of ether oxygens (including phenoxy) is 4. The molecule has 2 aromatic carbocycles. The largest absolute Gasteiger partial charge is 0.486 e. The number of esters is 1. The predicted octanol–water partition coefficient (Wildman–Crippen LogP) is 4.18. The van der Waals surface area contributed by atoms with Crippen LogP contribution in [0.1, 0.15) is 36.3 Å². The topological polar surface area (TPSA) is 99.2 Å². The smallest absolute Gasteiger partial charge is 0.309 e. The van der Waals surface area contributed by atoms with Crippen molar-refractivity contribution in [1.82, 2.24) is 9.88 Å². The number of anilines is 1. The fraction of sp³-hybridized carbons (Fsp3) is 0.452. The Morgan fingerprint density at radius 3 is 2.60 bits per heavy atom. The number of likely N-dealkylation sites (tertiary alicyclic amines) is 1. The summed E-state index contributed by atoms with van der Waals surface area (Å²) in [5.41, 5.74) is 3.62. The number of carbonyl (C=O) groups excluding carboxylic acids is 2. The number of rotatable bonds is 8. The number of nitrogens with one attached hydrogen (secondary N) is 1. The molecule has 0 bridgehead atoms. The summed E-state index contributed by atoms with van der Waals surface area (Å²) in [6.45, 7) is 3.89. The van der Waals surface area contributed by atoms with Crippen LogP contribution in [0, 0.1) is 11.8 Å². The van der Waals surface area contributed by atoms with E-state index in [9.17, 15) is 9.59 Å². The minimum atomic E-state index is -0.186. The van der Waals surface area contributed by atoms with Crippen molar-refractivity contribution in [2.75, 3.05) is 52.4 Å². The van der Waals surface area contributed by atoms with Gasteiger partial charge >= 0.3 is 5.97 Å². The van der Waals surface area contributed by atoms with Crippen molar-refractivity contribution in [2.45, 2.75) is 31.6 Å². The highest BCUT2D eigenvalue weighted by Gasteiger charge is 2.45. The lowest BCUT2D eigenvalue weighted by Crippen LogP contribution is -2.39. The molecule has 1 saturated carbocycles. The second-order valence-corrected chi connectivity index (χ2v) is 10.8. The SMILES string of the molecule is COC(=O)C1CC1c1ccc(NC(=O)C2CCN(CCc3ccc4c(c3)OCCO4)CC2)c2nc(OC)ccc12. The molecule has 0 spiro atoms. The highest BCUT2D eigenvalue weighted by molar-refractivity contribution is 6.02. The van der Waals surface area contributed by atoms with Crippen molar-refractivity contribution in [2.24, 2.45) is 11.8 Å². The molecule has 6 rings (SSSR count). The summed E-state index contributed by atoms with van der Waals surface area (Å²) in [5.74, 6) is 1.86. The van der Waals surface area contributed by atoms with E-state index in [1.807, 2.05) is 30.3 Å². The van der Waals surface area contributed by atoms with Crippen molar-refractivity contribution in [3.8, 4) is 17.4 Å². The van der Waals surface area contributed by atoms with E-state index in [1.165, 1.54) is 12.7 Å². The van der Waals surface area contributed by atoms with E-state index in [4.69, 9.17) is 18.9 Å². The van der Waals surface area contributed by atoms with Crippen LogP contribution in [0.15, 0.2) is 42.5 Å². The van der Waals surface area contributed by atoms with Crippen LogP contribution >= 0.6 is 0 Å². The molecule has 210 valence electrons. The first-order chi connectivity index (χ1) is 19.5. The van der Waals surface area contributed by atoms with Crippen LogP contribution < -0.4 is 19.5 Å². The fourth-order valence-electron chi connectivity index (χ4n) is 5.89. The first-order valence-corrected chi connectivity index (χ1v) is 14.0. The molecule has 3 aliphatic rings. The Bertz CT molecular complexity index is 1420. The molecule has 1 N–H and O–H groups in total. The highest BCUT2D eigenvalue weighted by atomic mass is 16.6. The molecule has 0 radical (unpaired) electrons. The Balaban J connectivity index is 1.08. The monoisotopic (exact) mass is 545 g/mol. The van der Waals surface area contributed by atoms with Crippen molar-refractivity contribution in [3.05, 3.63) is 53.6 Å². The summed E-state index contributed by atoms with van der Waals surface area (Å²) < 4.78 is 21.6. The van der Waals surface area contributed by atoms with E-state index in [1.54, 1.807) is 7.11 Å². The number of hydrogen-bond acceptors (Lipinski definition) is 8. The zero-order valence-corrected chi connectivity index (χ0v) is 23.0. The average molecular weight is 546 g/mol. The molecule has 2 unspecified atom stereocenters. The normalized spacial score (nSPS) is 20.6. The molecular formula is C31H35N3O6. The number of fused-ring (bicyclic) bond motifs is 2. The van der Waals surface area contributed by atoms with Crippen LogP contribution in [-0.4, -0.2) is 68.8 Å². The minimum absolute atomic E-state index is 0.0176. The van der Waals surface area contributed by atoms with Crippen molar-refractivity contribution < 1.29 is 28.5 Å². The van der Waals surface area contributed by atoms with Crippen molar-refractivity contribution in [3.63, 3.8) is 0 Å². The third-order valence-corrected chi connectivity index (χ3v) is 8.31. The number of piperidine rings is 1. The quantitative estimate of drug-likeness (QED) is 0.421. The number of aromatic nitrogens is 1. The third-order valence-electron chi connectivity index (χ3n) is 8.31. The zero-order valence-electron chi connectivity index (χ0n) is 23.0. The van der Waals surface area contributed by atoms with Gasteiger partial charge in [0.2, 0.25) is 11.8 Å². The summed E-state index contributed by atoms with van der Waals surface area (Å²) in [4.78, 5) is 32.5. The van der Waals surface area contributed by atoms with Crippen molar-refractivity contribution >= 4 is 28.5 Å². The van der Waals surface area contributed by atoms with Gasteiger partial charge in [-0.15, -0.1) is 0 Å². The zero-order chi connectivity index (χ0) is 27.6. The summed E-state index contributed by atoms with van der Waals surface area (Å²) in [7, 11) is 3.00. The van der Waals surface area contributed by atoms with Gasteiger partial charge in [0, 0.05) is 23.9 Å². The van der Waals surface area contributed by atoms with Gasteiger partial charge in [-0.25, -0.2) is 4.98 Å². The molecule has 40 heavy (non-hydrogen) atoms. The number of nitrogens with zero attached hydrogens (tertiary/aromatic N) is 2. The van der Waals surface area contributed by atoms with Gasteiger partial charge in [-0.2, -0.15) is 0 Å². The molecule has 9 nitrogen and oxygen atoms in total. The number of methoxy groups -OCH3 is 2. The molecule has 2 aliphatic heterocycles. The number of amides is 1. The highest BCUT2D eigenvalue weighted by Crippen LogP contribution is 2.50. The van der Waals surface area contributed by atoms with E-state index >= 15 is 0 Å². The predicted molar refractivity (Wildman–Crippen MR) is 150 cm³/mol. The lowest BCUT2D eigenvalue weighted by atomic mass is 9.95. The maximum atomic E-state index is 13.3. The lowest BCUT2D eigenvalue weighted by molar-refractivity contribution is -0.142. The standard InChI is InChI=1S/C31H35N3O6/c1-37-28-8-5-22-21(23-18-24(23)31(36)38-2)4-6-25(29(22)33-28)32-30(35)20-10-13-34(14-11-20)12-9-19-3-7-26-27(17-19)40-16-15-39-26/h3-8,17,20,23-24H,9-16,18H2,1-2H3,(H,32,35). The second kappa shape index (κ2) is 11.3. The van der Waals surface area contributed by atoms with E-state index in [0.717, 1.165) is 67.8 Å². The molecule has 9 heteroatoms. The maximum Gasteiger partial charge on any atom is 0.309 e. The Morgan fingerprint density at radius 2 is 1.82 bits per heavy atom. The van der Waals surface area contributed by atoms with Gasteiger partial charge in [-0.05, 0) is 80.1 Å². The summed E-state index contributed by atoms with van der Waals surface area (Å²) >= 11 is 0. The van der Waals surface area contributed by atoms with Gasteiger partial charge in [-0.3, -0.25) is 9.59 Å². The molecule has 1 aliphatic carbocycles. The molecule has 3 aromatic rings. The van der Waals surface area contributed by atoms with Crippen LogP contribution in [-0.2, 0) is 20.7 Å². The first kappa shape index (κ1) is 26.4. The molecule has 1 aromatic heterocycles. The van der Waals surface area contributed by atoms with Gasteiger partial charge in [0.25, 0.3) is 0 Å². The van der Waals surface area contributed by atoms with E-state index in [-0.39, 0.29) is 29.6 Å². The van der Waals surface area contributed by atoms with Crippen molar-refractivity contribution in [1.29, 1.82) is 0 Å². The number of benzene rings is 2. The van der Waals surface area contributed by atoms with Crippen LogP contribution in [0.5, 0.6) is 17.4 Å². The Labute approximate surface area is 233 Å². The van der Waals surface area contributed by atoms with Crippen LogP contribution in [0.2, 0.25) is 0 Å². The van der Waals surface area contributed by atoms with E-state index in [0.29, 0.717) is 30.3 Å². The summed E-state index contributed by atoms with van der Waals surface area (Å²) in [6.07, 6.45) is 3.30. The van der Waals surface area contributed by atoms with Gasteiger partial charge in [-0.1, -0.05) is 12.1 Å². The van der Waals surface area contributed by atoms with E-state index in [2.05, 4.69) is 27.3 Å². The average Bonchev–Trinajstić information content (AvgIpc) is 3.80. The summed E-state index contributed by atoms with van der Waals surface area (Å²) in [6, 6.07) is 13.8. The fourth-order valence-corrected chi connectivity index (χ4v) is 5.89. The molecule has 3 heterocycles. The number of hydrogen-bond donors (Lipinski definition) is 1. The van der Waals surface area contributed by atoms with Gasteiger partial charge in [0.1, 0.15) is 13.2 Å². The Hall–Kier alpha value is -3.85. The van der Waals surface area contributed by atoms with Gasteiger partial charge in [0.15, 0.2) is 11.5 Å². The molecule has 1 amide bonds. The van der Waals surface area contributed by atoms with Gasteiger partial charge < -0.3 is 29.2 Å². The molecule has 2 fully saturated rings. The second-order valence-electron chi connectivity index (χ2n) is 10.8. The molecular weight excluding hydrogens is 510 g/mol. The third kappa shape index (κ3) is 5.43. The Morgan fingerprint density at radius 1 is 1.02 bits per heavy atom. The van der Waals surface area contributed by atoms with Gasteiger partial charge in [0.05, 0.1) is 31.3 Å².